The van der Waals surface area contributed by atoms with Crippen molar-refractivity contribution in [3.05, 3.63) is 70.9 Å². The zero-order chi connectivity index (χ0) is 17.4. The highest BCUT2D eigenvalue weighted by molar-refractivity contribution is 5.79. The number of hydrogen-bond acceptors (Lipinski definition) is 2. The minimum Gasteiger partial charge on any atom is -0.352 e. The van der Waals surface area contributed by atoms with E-state index in [1.54, 1.807) is 12.1 Å². The van der Waals surface area contributed by atoms with Gasteiger partial charge in [0, 0.05) is 30.8 Å². The fraction of sp³-hybridized carbons (Fsp3) is 0.300. The lowest BCUT2D eigenvalue weighted by Crippen LogP contribution is -2.34. The zero-order valence-corrected chi connectivity index (χ0v) is 14.1. The maximum Gasteiger partial charge on any atom is 0.223 e. The lowest BCUT2D eigenvalue weighted by molar-refractivity contribution is -0.125. The third-order valence-electron chi connectivity index (χ3n) is 4.88. The van der Waals surface area contributed by atoms with Crippen LogP contribution in [0, 0.1) is 18.7 Å². The average molecular weight is 337 g/mol. The van der Waals surface area contributed by atoms with Crippen molar-refractivity contribution >= 4 is 11.6 Å². The van der Waals surface area contributed by atoms with Crippen LogP contribution in [0.3, 0.4) is 0 Å². The molecule has 0 bridgehead atoms. The van der Waals surface area contributed by atoms with E-state index >= 15 is 0 Å². The molecule has 25 heavy (non-hydrogen) atoms. The van der Waals surface area contributed by atoms with Crippen LogP contribution >= 0.6 is 0 Å². The van der Waals surface area contributed by atoms with Crippen molar-refractivity contribution in [2.24, 2.45) is 5.92 Å². The van der Waals surface area contributed by atoms with E-state index in [0.717, 1.165) is 35.4 Å². The van der Waals surface area contributed by atoms with Gasteiger partial charge in [-0.1, -0.05) is 12.1 Å². The summed E-state index contributed by atoms with van der Waals surface area (Å²) in [5.41, 5.74) is 5.29. The fourth-order valence-electron chi connectivity index (χ4n) is 3.47. The second kappa shape index (κ2) is 6.31. The van der Waals surface area contributed by atoms with Crippen LogP contribution in [0.5, 0.6) is 0 Å². The summed E-state index contributed by atoms with van der Waals surface area (Å²) < 4.78 is 15.0. The summed E-state index contributed by atoms with van der Waals surface area (Å²) in [6.45, 7) is 2.48. The van der Waals surface area contributed by atoms with Crippen LogP contribution in [0.15, 0.2) is 42.6 Å². The molecule has 1 aliphatic carbocycles. The summed E-state index contributed by atoms with van der Waals surface area (Å²) in [5, 5.41) is 2.98. The Kier molecular flexibility index (Phi) is 3.99. The van der Waals surface area contributed by atoms with Crippen LogP contribution in [0.25, 0.3) is 5.65 Å². The number of nitrogens with one attached hydrogen (secondary N) is 1. The maximum atomic E-state index is 12.9. The number of imidazole rings is 1. The molecule has 1 unspecified atom stereocenters. The number of amides is 1. The summed E-state index contributed by atoms with van der Waals surface area (Å²) in [6.07, 6.45) is 4.37. The van der Waals surface area contributed by atoms with Crippen LogP contribution in [0.4, 0.5) is 4.39 Å². The van der Waals surface area contributed by atoms with Crippen LogP contribution in [0.2, 0.25) is 0 Å². The first-order valence-corrected chi connectivity index (χ1v) is 8.59. The van der Waals surface area contributed by atoms with E-state index in [1.165, 1.54) is 17.7 Å². The number of rotatable bonds is 3. The highest BCUT2D eigenvalue weighted by Crippen LogP contribution is 2.27. The Morgan fingerprint density at radius 1 is 1.32 bits per heavy atom. The summed E-state index contributed by atoms with van der Waals surface area (Å²) in [5.74, 6) is -0.260. The van der Waals surface area contributed by atoms with Gasteiger partial charge in [-0.05, 0) is 55.2 Å². The van der Waals surface area contributed by atoms with Crippen molar-refractivity contribution in [3.63, 3.8) is 0 Å². The highest BCUT2D eigenvalue weighted by atomic mass is 19.1. The Morgan fingerprint density at radius 2 is 2.12 bits per heavy atom. The van der Waals surface area contributed by atoms with Crippen molar-refractivity contribution in [3.8, 4) is 0 Å². The maximum absolute atomic E-state index is 12.9. The summed E-state index contributed by atoms with van der Waals surface area (Å²) in [7, 11) is 0. The first-order chi connectivity index (χ1) is 12.1. The molecule has 0 spiro atoms. The molecule has 2 heterocycles. The smallest absolute Gasteiger partial charge is 0.223 e. The van der Waals surface area contributed by atoms with E-state index in [-0.39, 0.29) is 17.6 Å². The third-order valence-corrected chi connectivity index (χ3v) is 4.88. The van der Waals surface area contributed by atoms with Crippen LogP contribution in [0.1, 0.15) is 28.9 Å². The van der Waals surface area contributed by atoms with E-state index in [4.69, 9.17) is 4.98 Å². The molecule has 2 aromatic heterocycles. The molecule has 1 N–H and O–H groups in total. The van der Waals surface area contributed by atoms with Crippen LogP contribution < -0.4 is 5.32 Å². The summed E-state index contributed by atoms with van der Waals surface area (Å²) in [4.78, 5) is 17.3. The number of benzene rings is 1. The van der Waals surface area contributed by atoms with E-state index < -0.39 is 0 Å². The van der Waals surface area contributed by atoms with Gasteiger partial charge in [-0.25, -0.2) is 9.37 Å². The molecule has 1 atom stereocenters. The molecule has 0 aliphatic heterocycles. The molecule has 5 heteroatoms. The molecular formula is C20H20FN3O. The number of halogens is 1. The third kappa shape index (κ3) is 3.14. The summed E-state index contributed by atoms with van der Waals surface area (Å²) in [6, 6.07) is 10.3. The number of aromatic nitrogens is 2. The lowest BCUT2D eigenvalue weighted by Gasteiger charge is -2.21. The molecule has 1 aromatic carbocycles. The molecule has 0 radical (unpaired) electrons. The normalized spacial score (nSPS) is 16.6. The molecular weight excluding hydrogens is 317 g/mol. The van der Waals surface area contributed by atoms with Crippen molar-refractivity contribution in [2.75, 3.05) is 0 Å². The van der Waals surface area contributed by atoms with Gasteiger partial charge < -0.3 is 9.72 Å². The van der Waals surface area contributed by atoms with Gasteiger partial charge in [-0.3, -0.25) is 4.79 Å². The number of hydrogen-bond donors (Lipinski definition) is 1. The largest absolute Gasteiger partial charge is 0.352 e. The average Bonchev–Trinajstić information content (AvgIpc) is 2.97. The highest BCUT2D eigenvalue weighted by Gasteiger charge is 2.27. The number of aryl methyl sites for hydroxylation is 2. The topological polar surface area (TPSA) is 46.4 Å². The molecule has 128 valence electrons. The number of nitrogens with zero attached hydrogens (tertiary/aromatic N) is 2. The quantitative estimate of drug-likeness (QED) is 0.798. The standard InChI is InChI=1S/C20H20FN3O/c1-13-8-9-24-18-11-15(4-7-17(18)23-19(24)10-13)20(25)22-12-14-2-5-16(21)6-3-14/h2-3,5-6,8-10,15H,4,7,11-12H2,1H3,(H,22,25). The van der Waals surface area contributed by atoms with Crippen molar-refractivity contribution in [2.45, 2.75) is 32.7 Å². The number of pyridine rings is 1. The zero-order valence-electron chi connectivity index (χ0n) is 14.1. The lowest BCUT2D eigenvalue weighted by atomic mass is 9.89. The molecule has 1 aliphatic rings. The Bertz CT molecular complexity index is 930. The Labute approximate surface area is 145 Å². The van der Waals surface area contributed by atoms with Gasteiger partial charge >= 0.3 is 0 Å². The van der Waals surface area contributed by atoms with Crippen molar-refractivity contribution in [1.82, 2.24) is 14.7 Å². The molecule has 0 saturated heterocycles. The first-order valence-electron chi connectivity index (χ1n) is 8.59. The Hall–Kier alpha value is -2.69. The number of carbonyl (C=O) groups is 1. The summed E-state index contributed by atoms with van der Waals surface area (Å²) >= 11 is 0. The predicted molar refractivity (Wildman–Crippen MR) is 93.7 cm³/mol. The van der Waals surface area contributed by atoms with Gasteiger partial charge in [0.25, 0.3) is 0 Å². The van der Waals surface area contributed by atoms with Crippen LogP contribution in [-0.2, 0) is 24.2 Å². The Balaban J connectivity index is 1.47. The predicted octanol–water partition coefficient (Wildman–Crippen LogP) is 3.20. The fourth-order valence-corrected chi connectivity index (χ4v) is 3.47. The van der Waals surface area contributed by atoms with Crippen LogP contribution in [-0.4, -0.2) is 15.3 Å². The van der Waals surface area contributed by atoms with Gasteiger partial charge in [0.15, 0.2) is 0 Å². The first kappa shape index (κ1) is 15.8. The van der Waals surface area contributed by atoms with E-state index in [1.807, 2.05) is 6.20 Å². The Morgan fingerprint density at radius 3 is 2.92 bits per heavy atom. The molecule has 0 saturated carbocycles. The minimum absolute atomic E-state index is 0.0471. The SMILES string of the molecule is Cc1ccn2c3c(nc2c1)CCC(C(=O)NCc1ccc(F)cc1)C3. The monoisotopic (exact) mass is 337 g/mol. The van der Waals surface area contributed by atoms with Gasteiger partial charge in [0.2, 0.25) is 5.91 Å². The number of fused-ring (bicyclic) bond motifs is 3. The van der Waals surface area contributed by atoms with E-state index in [0.29, 0.717) is 13.0 Å². The van der Waals surface area contributed by atoms with E-state index in [9.17, 15) is 9.18 Å². The van der Waals surface area contributed by atoms with Gasteiger partial charge in [-0.15, -0.1) is 0 Å². The van der Waals surface area contributed by atoms with Crippen molar-refractivity contribution < 1.29 is 9.18 Å². The molecule has 1 amide bonds. The van der Waals surface area contributed by atoms with Gasteiger partial charge in [0.1, 0.15) is 11.5 Å². The van der Waals surface area contributed by atoms with Gasteiger partial charge in [-0.2, -0.15) is 0 Å². The van der Waals surface area contributed by atoms with E-state index in [2.05, 4.69) is 28.8 Å². The second-order valence-electron chi connectivity index (χ2n) is 6.72. The molecule has 4 rings (SSSR count). The molecule has 4 nitrogen and oxygen atoms in total. The van der Waals surface area contributed by atoms with Crippen molar-refractivity contribution in [1.29, 1.82) is 0 Å². The van der Waals surface area contributed by atoms with Gasteiger partial charge in [0.05, 0.1) is 5.69 Å². The second-order valence-corrected chi connectivity index (χ2v) is 6.72. The molecule has 3 aromatic rings. The molecule has 0 fully saturated rings. The number of carbonyl (C=O) groups excluding carboxylic acids is 1. The minimum atomic E-state index is -0.266.